The Kier molecular flexibility index (Phi) is 4.59. The Morgan fingerprint density at radius 1 is 1.33 bits per heavy atom. The molecule has 1 heterocycles. The highest BCUT2D eigenvalue weighted by Gasteiger charge is 2.32. The molecule has 21 heavy (non-hydrogen) atoms. The van der Waals surface area contributed by atoms with Gasteiger partial charge in [0.05, 0.1) is 6.61 Å². The van der Waals surface area contributed by atoms with Crippen molar-refractivity contribution in [3.63, 3.8) is 0 Å². The molecule has 108 valence electrons. The monoisotopic (exact) mass is 284 g/mol. The van der Waals surface area contributed by atoms with Gasteiger partial charge in [0.25, 0.3) is 0 Å². The van der Waals surface area contributed by atoms with E-state index < -0.39 is 5.79 Å². The van der Waals surface area contributed by atoms with Crippen molar-refractivity contribution in [3.8, 4) is 17.9 Å². The van der Waals surface area contributed by atoms with Crippen LogP contribution in [0, 0.1) is 22.7 Å². The molecule has 2 rings (SSSR count). The van der Waals surface area contributed by atoms with E-state index in [0.717, 1.165) is 5.56 Å². The summed E-state index contributed by atoms with van der Waals surface area (Å²) in [6.07, 6.45) is 1.45. The van der Waals surface area contributed by atoms with Crippen LogP contribution in [0.2, 0.25) is 0 Å². The highest BCUT2D eigenvalue weighted by Crippen LogP contribution is 2.23. The molecule has 0 bridgehead atoms. The lowest BCUT2D eigenvalue weighted by molar-refractivity contribution is -0.141. The second kappa shape index (κ2) is 6.41. The van der Waals surface area contributed by atoms with Crippen LogP contribution in [0.15, 0.2) is 29.8 Å². The summed E-state index contributed by atoms with van der Waals surface area (Å²) < 4.78 is 16.7. The van der Waals surface area contributed by atoms with Gasteiger partial charge in [-0.25, -0.2) is 0 Å². The zero-order valence-electron chi connectivity index (χ0n) is 12.0. The molecule has 1 aromatic rings. The Bertz CT molecular complexity index is 590. The Morgan fingerprint density at radius 2 is 2.00 bits per heavy atom. The van der Waals surface area contributed by atoms with Crippen LogP contribution in [0.1, 0.15) is 19.4 Å². The van der Waals surface area contributed by atoms with Gasteiger partial charge in [-0.05, 0) is 37.6 Å². The lowest BCUT2D eigenvalue weighted by atomic mass is 10.1. The van der Waals surface area contributed by atoms with Crippen LogP contribution in [-0.2, 0) is 9.47 Å². The third kappa shape index (κ3) is 4.32. The van der Waals surface area contributed by atoms with E-state index >= 15 is 0 Å². The van der Waals surface area contributed by atoms with Gasteiger partial charge in [-0.3, -0.25) is 0 Å². The molecule has 0 saturated carbocycles. The van der Waals surface area contributed by atoms with E-state index in [2.05, 4.69) is 0 Å². The zero-order valence-corrected chi connectivity index (χ0v) is 12.0. The standard InChI is InChI=1S/C16H16N2O3/c1-16(2)20-11-15(21-16)10-19-14-5-3-12(4-6-14)7-13(8-17)9-18/h3-7,15H,10-11H2,1-2H3. The van der Waals surface area contributed by atoms with E-state index in [-0.39, 0.29) is 11.7 Å². The Hall–Kier alpha value is -2.34. The predicted molar refractivity (Wildman–Crippen MR) is 76.0 cm³/mol. The fraction of sp³-hybridized carbons (Fsp3) is 0.375. The van der Waals surface area contributed by atoms with Crippen molar-refractivity contribution in [2.45, 2.75) is 25.7 Å². The largest absolute Gasteiger partial charge is 0.491 e. The minimum atomic E-state index is -0.548. The van der Waals surface area contributed by atoms with E-state index in [1.165, 1.54) is 6.08 Å². The number of benzene rings is 1. The lowest BCUT2D eigenvalue weighted by Crippen LogP contribution is -2.25. The molecular weight excluding hydrogens is 268 g/mol. The summed E-state index contributed by atoms with van der Waals surface area (Å²) >= 11 is 0. The van der Waals surface area contributed by atoms with Crippen molar-refractivity contribution in [1.82, 2.24) is 0 Å². The number of ether oxygens (including phenoxy) is 3. The van der Waals surface area contributed by atoms with E-state index in [4.69, 9.17) is 24.7 Å². The molecule has 1 atom stereocenters. The fourth-order valence-electron chi connectivity index (χ4n) is 1.95. The van der Waals surface area contributed by atoms with E-state index in [0.29, 0.717) is 19.0 Å². The van der Waals surface area contributed by atoms with Crippen molar-refractivity contribution in [1.29, 1.82) is 10.5 Å². The average molecular weight is 284 g/mol. The van der Waals surface area contributed by atoms with Crippen molar-refractivity contribution in [2.75, 3.05) is 13.2 Å². The molecule has 1 aromatic carbocycles. The number of rotatable bonds is 4. The summed E-state index contributed by atoms with van der Waals surface area (Å²) in [5.74, 6) is 0.157. The number of hydrogen-bond acceptors (Lipinski definition) is 5. The SMILES string of the molecule is CC1(C)OCC(COc2ccc(C=C(C#N)C#N)cc2)O1. The Labute approximate surface area is 124 Å². The first kappa shape index (κ1) is 15.1. The normalized spacial score (nSPS) is 19.3. The second-order valence-electron chi connectivity index (χ2n) is 5.11. The summed E-state index contributed by atoms with van der Waals surface area (Å²) in [5.41, 5.74) is 0.851. The minimum Gasteiger partial charge on any atom is -0.491 e. The zero-order chi connectivity index (χ0) is 15.3. The van der Waals surface area contributed by atoms with Gasteiger partial charge in [-0.2, -0.15) is 10.5 Å². The van der Waals surface area contributed by atoms with Crippen LogP contribution in [0.3, 0.4) is 0 Å². The maximum atomic E-state index is 8.70. The van der Waals surface area contributed by atoms with Crippen LogP contribution < -0.4 is 4.74 Å². The van der Waals surface area contributed by atoms with Gasteiger partial charge >= 0.3 is 0 Å². The van der Waals surface area contributed by atoms with Gasteiger partial charge < -0.3 is 14.2 Å². The van der Waals surface area contributed by atoms with Crippen LogP contribution in [-0.4, -0.2) is 25.1 Å². The third-order valence-electron chi connectivity index (χ3n) is 2.94. The Morgan fingerprint density at radius 3 is 2.52 bits per heavy atom. The van der Waals surface area contributed by atoms with Gasteiger partial charge in [0.15, 0.2) is 5.79 Å². The molecule has 1 saturated heterocycles. The van der Waals surface area contributed by atoms with Gasteiger partial charge in [-0.1, -0.05) is 12.1 Å². The van der Waals surface area contributed by atoms with Crippen molar-refractivity contribution < 1.29 is 14.2 Å². The van der Waals surface area contributed by atoms with E-state index in [1.54, 1.807) is 24.3 Å². The van der Waals surface area contributed by atoms with Crippen molar-refractivity contribution in [2.24, 2.45) is 0 Å². The number of nitriles is 2. The predicted octanol–water partition coefficient (Wildman–Crippen LogP) is 2.65. The summed E-state index contributed by atoms with van der Waals surface area (Å²) in [5, 5.41) is 17.4. The molecule has 5 heteroatoms. The molecule has 0 N–H and O–H groups in total. The first-order valence-corrected chi connectivity index (χ1v) is 6.59. The molecule has 0 amide bonds. The van der Waals surface area contributed by atoms with Crippen molar-refractivity contribution in [3.05, 3.63) is 35.4 Å². The second-order valence-corrected chi connectivity index (χ2v) is 5.11. The molecule has 1 fully saturated rings. The minimum absolute atomic E-state index is 0.0717. The molecule has 0 aromatic heterocycles. The summed E-state index contributed by atoms with van der Waals surface area (Å²) in [6, 6.07) is 10.8. The topological polar surface area (TPSA) is 75.3 Å². The molecule has 1 unspecified atom stereocenters. The lowest BCUT2D eigenvalue weighted by Gasteiger charge is -2.17. The van der Waals surface area contributed by atoms with Gasteiger partial charge in [0.2, 0.25) is 0 Å². The molecule has 0 radical (unpaired) electrons. The molecule has 0 aliphatic carbocycles. The van der Waals surface area contributed by atoms with Crippen LogP contribution in [0.25, 0.3) is 6.08 Å². The van der Waals surface area contributed by atoms with Gasteiger partial charge in [0.1, 0.15) is 36.2 Å². The van der Waals surface area contributed by atoms with E-state index in [1.807, 2.05) is 26.0 Å². The Balaban J connectivity index is 1.91. The smallest absolute Gasteiger partial charge is 0.163 e. The number of allylic oxidation sites excluding steroid dienone is 1. The highest BCUT2D eigenvalue weighted by molar-refractivity contribution is 5.62. The number of hydrogen-bond donors (Lipinski definition) is 0. The maximum absolute atomic E-state index is 8.70. The number of nitrogens with zero attached hydrogens (tertiary/aromatic N) is 2. The van der Waals surface area contributed by atoms with Crippen LogP contribution in [0.5, 0.6) is 5.75 Å². The third-order valence-corrected chi connectivity index (χ3v) is 2.94. The summed E-state index contributed by atoms with van der Waals surface area (Å²) in [6.45, 7) is 4.67. The highest BCUT2D eigenvalue weighted by atomic mass is 16.7. The van der Waals surface area contributed by atoms with Crippen molar-refractivity contribution >= 4 is 6.08 Å². The molecule has 5 nitrogen and oxygen atoms in total. The molecule has 1 aliphatic heterocycles. The van der Waals surface area contributed by atoms with Gasteiger partial charge in [-0.15, -0.1) is 0 Å². The maximum Gasteiger partial charge on any atom is 0.163 e. The fourth-order valence-corrected chi connectivity index (χ4v) is 1.95. The van der Waals surface area contributed by atoms with Crippen LogP contribution in [0.4, 0.5) is 0 Å². The summed E-state index contributed by atoms with van der Waals surface area (Å²) in [7, 11) is 0. The average Bonchev–Trinajstić information content (AvgIpc) is 2.83. The summed E-state index contributed by atoms with van der Waals surface area (Å²) in [4.78, 5) is 0. The quantitative estimate of drug-likeness (QED) is 0.794. The molecule has 1 aliphatic rings. The van der Waals surface area contributed by atoms with Gasteiger partial charge in [0, 0.05) is 0 Å². The van der Waals surface area contributed by atoms with Crippen LogP contribution >= 0.6 is 0 Å². The molecular formula is C16H16N2O3. The molecule has 0 spiro atoms. The first-order valence-electron chi connectivity index (χ1n) is 6.59. The van der Waals surface area contributed by atoms with E-state index in [9.17, 15) is 0 Å². The first-order chi connectivity index (χ1) is 10.0.